The highest BCUT2D eigenvalue weighted by Crippen LogP contribution is 2.25. The summed E-state index contributed by atoms with van der Waals surface area (Å²) in [4.78, 5) is 11.2. The van der Waals surface area contributed by atoms with E-state index < -0.39 is 0 Å². The van der Waals surface area contributed by atoms with Gasteiger partial charge in [-0.05, 0) is 45.7 Å². The van der Waals surface area contributed by atoms with Gasteiger partial charge < -0.3 is 4.74 Å². The summed E-state index contributed by atoms with van der Waals surface area (Å²) in [7, 11) is 0. The molecule has 0 bridgehead atoms. The lowest BCUT2D eigenvalue weighted by atomic mass is 10.5. The van der Waals surface area contributed by atoms with Gasteiger partial charge in [-0.1, -0.05) is 0 Å². The molecule has 0 fully saturated rings. The van der Waals surface area contributed by atoms with Crippen molar-refractivity contribution in [2.45, 2.75) is 20.4 Å². The number of halogens is 2. The van der Waals surface area contributed by atoms with E-state index in [0.29, 0.717) is 11.2 Å². The van der Waals surface area contributed by atoms with Gasteiger partial charge in [0, 0.05) is 0 Å². The molecule has 1 aromatic heterocycles. The van der Waals surface area contributed by atoms with Crippen LogP contribution in [-0.4, -0.2) is 22.4 Å². The van der Waals surface area contributed by atoms with Crippen molar-refractivity contribution in [2.75, 3.05) is 6.61 Å². The Kier molecular flexibility index (Phi) is 4.12. The standard InChI is InChI=1S/C8H10Br2N2O2/c1-3-14-6(13)4-12-5(2)7(9)8(10)11-12/h3-4H2,1-2H3. The fourth-order valence-electron chi connectivity index (χ4n) is 0.970. The Bertz CT molecular complexity index is 349. The first kappa shape index (κ1) is 11.7. The van der Waals surface area contributed by atoms with Crippen LogP contribution >= 0.6 is 31.9 Å². The number of esters is 1. The highest BCUT2D eigenvalue weighted by Gasteiger charge is 2.12. The van der Waals surface area contributed by atoms with Crippen LogP contribution in [0.3, 0.4) is 0 Å². The maximum Gasteiger partial charge on any atom is 0.327 e. The Morgan fingerprint density at radius 2 is 2.21 bits per heavy atom. The maximum atomic E-state index is 11.2. The van der Waals surface area contributed by atoms with E-state index in [0.717, 1.165) is 10.2 Å². The molecule has 0 aromatic carbocycles. The van der Waals surface area contributed by atoms with E-state index in [-0.39, 0.29) is 12.5 Å². The molecule has 0 unspecified atom stereocenters. The lowest BCUT2D eigenvalue weighted by molar-refractivity contribution is -0.144. The summed E-state index contributed by atoms with van der Waals surface area (Å²) in [6.45, 7) is 4.19. The van der Waals surface area contributed by atoms with E-state index in [2.05, 4.69) is 37.0 Å². The van der Waals surface area contributed by atoms with Crippen molar-refractivity contribution in [3.05, 3.63) is 14.8 Å². The summed E-state index contributed by atoms with van der Waals surface area (Å²) in [5, 5.41) is 4.12. The van der Waals surface area contributed by atoms with Crippen LogP contribution in [0.1, 0.15) is 12.6 Å². The lowest BCUT2D eigenvalue weighted by Crippen LogP contribution is -2.15. The zero-order valence-corrected chi connectivity index (χ0v) is 11.1. The van der Waals surface area contributed by atoms with Crippen molar-refractivity contribution in [3.63, 3.8) is 0 Å². The minimum atomic E-state index is -0.280. The number of aromatic nitrogens is 2. The van der Waals surface area contributed by atoms with Crippen LogP contribution in [0.15, 0.2) is 9.08 Å². The third kappa shape index (κ3) is 2.57. The van der Waals surface area contributed by atoms with E-state index in [9.17, 15) is 4.79 Å². The summed E-state index contributed by atoms with van der Waals surface area (Å²) in [6, 6.07) is 0. The van der Waals surface area contributed by atoms with Gasteiger partial charge in [0.15, 0.2) is 0 Å². The second kappa shape index (κ2) is 4.93. The van der Waals surface area contributed by atoms with Crippen LogP contribution in [0, 0.1) is 6.92 Å². The summed E-state index contributed by atoms with van der Waals surface area (Å²) >= 11 is 6.61. The first-order valence-electron chi connectivity index (χ1n) is 4.10. The normalized spacial score (nSPS) is 10.3. The van der Waals surface area contributed by atoms with Gasteiger partial charge in [-0.2, -0.15) is 5.10 Å². The lowest BCUT2D eigenvalue weighted by Gasteiger charge is -2.03. The molecule has 1 heterocycles. The molecular formula is C8H10Br2N2O2. The predicted molar refractivity (Wildman–Crippen MR) is 59.0 cm³/mol. The molecule has 0 radical (unpaired) electrons. The van der Waals surface area contributed by atoms with Gasteiger partial charge in [0.2, 0.25) is 0 Å². The van der Waals surface area contributed by atoms with E-state index in [1.54, 1.807) is 11.6 Å². The molecule has 1 rings (SSSR count). The molecule has 14 heavy (non-hydrogen) atoms. The summed E-state index contributed by atoms with van der Waals surface area (Å²) in [6.07, 6.45) is 0. The number of nitrogens with zero attached hydrogens (tertiary/aromatic N) is 2. The molecule has 4 nitrogen and oxygen atoms in total. The number of hydrogen-bond donors (Lipinski definition) is 0. The van der Waals surface area contributed by atoms with Crippen molar-refractivity contribution in [1.82, 2.24) is 9.78 Å². The quantitative estimate of drug-likeness (QED) is 0.801. The smallest absolute Gasteiger partial charge is 0.327 e. The van der Waals surface area contributed by atoms with E-state index in [4.69, 9.17) is 4.74 Å². The van der Waals surface area contributed by atoms with Gasteiger partial charge in [-0.25, -0.2) is 0 Å². The molecule has 6 heteroatoms. The Morgan fingerprint density at radius 3 is 2.64 bits per heavy atom. The Balaban J connectivity index is 2.77. The Hall–Kier alpha value is -0.360. The highest BCUT2D eigenvalue weighted by molar-refractivity contribution is 9.13. The molecule has 0 amide bonds. The van der Waals surface area contributed by atoms with E-state index in [1.807, 2.05) is 6.92 Å². The molecule has 0 spiro atoms. The second-order valence-corrected chi connectivity index (χ2v) is 4.20. The largest absolute Gasteiger partial charge is 0.465 e. The molecule has 0 aliphatic rings. The van der Waals surface area contributed by atoms with Crippen LogP contribution in [0.5, 0.6) is 0 Å². The van der Waals surface area contributed by atoms with Gasteiger partial charge >= 0.3 is 5.97 Å². The molecule has 1 aromatic rings. The molecule has 0 aliphatic carbocycles. The van der Waals surface area contributed by atoms with Crippen LogP contribution in [0.2, 0.25) is 0 Å². The van der Waals surface area contributed by atoms with Crippen molar-refractivity contribution in [1.29, 1.82) is 0 Å². The Labute approximate surface area is 98.9 Å². The monoisotopic (exact) mass is 324 g/mol. The molecule has 0 saturated heterocycles. The minimum absolute atomic E-state index is 0.143. The molecule has 0 atom stereocenters. The Morgan fingerprint density at radius 1 is 1.57 bits per heavy atom. The maximum absolute atomic E-state index is 11.2. The third-order valence-corrected chi connectivity index (χ3v) is 3.72. The number of ether oxygens (including phenoxy) is 1. The van der Waals surface area contributed by atoms with Crippen LogP contribution in [-0.2, 0) is 16.1 Å². The number of carbonyl (C=O) groups is 1. The predicted octanol–water partition coefficient (Wildman–Crippen LogP) is 2.28. The summed E-state index contributed by atoms with van der Waals surface area (Å²) in [5.74, 6) is -0.280. The van der Waals surface area contributed by atoms with Crippen LogP contribution in [0.25, 0.3) is 0 Å². The topological polar surface area (TPSA) is 44.1 Å². The van der Waals surface area contributed by atoms with Gasteiger partial charge in [0.1, 0.15) is 11.1 Å². The number of carbonyl (C=O) groups excluding carboxylic acids is 1. The van der Waals surface area contributed by atoms with E-state index >= 15 is 0 Å². The van der Waals surface area contributed by atoms with Gasteiger partial charge in [-0.3, -0.25) is 9.48 Å². The summed E-state index contributed by atoms with van der Waals surface area (Å²) in [5.41, 5.74) is 0.893. The molecule has 0 aliphatic heterocycles. The van der Waals surface area contributed by atoms with Crippen molar-refractivity contribution < 1.29 is 9.53 Å². The zero-order valence-electron chi connectivity index (χ0n) is 7.88. The molecule has 0 N–H and O–H groups in total. The van der Waals surface area contributed by atoms with Crippen molar-refractivity contribution >= 4 is 37.8 Å². The SMILES string of the molecule is CCOC(=O)Cn1nc(Br)c(Br)c1C. The zero-order chi connectivity index (χ0) is 10.7. The van der Waals surface area contributed by atoms with Crippen molar-refractivity contribution in [3.8, 4) is 0 Å². The first-order valence-corrected chi connectivity index (χ1v) is 5.68. The summed E-state index contributed by atoms with van der Waals surface area (Å²) < 4.78 is 7.97. The molecular weight excluding hydrogens is 316 g/mol. The molecule has 78 valence electrons. The highest BCUT2D eigenvalue weighted by atomic mass is 79.9. The van der Waals surface area contributed by atoms with E-state index in [1.165, 1.54) is 0 Å². The van der Waals surface area contributed by atoms with Crippen LogP contribution < -0.4 is 0 Å². The van der Waals surface area contributed by atoms with Crippen molar-refractivity contribution in [2.24, 2.45) is 0 Å². The number of hydrogen-bond acceptors (Lipinski definition) is 3. The van der Waals surface area contributed by atoms with Gasteiger partial charge in [-0.15, -0.1) is 0 Å². The fraction of sp³-hybridized carbons (Fsp3) is 0.500. The average Bonchev–Trinajstić information content (AvgIpc) is 2.34. The first-order chi connectivity index (χ1) is 6.56. The minimum Gasteiger partial charge on any atom is -0.465 e. The average molecular weight is 326 g/mol. The van der Waals surface area contributed by atoms with Crippen LogP contribution in [0.4, 0.5) is 0 Å². The third-order valence-electron chi connectivity index (χ3n) is 1.68. The van der Waals surface area contributed by atoms with Gasteiger partial charge in [0.05, 0.1) is 16.8 Å². The fourth-order valence-corrected chi connectivity index (χ4v) is 1.73. The second-order valence-electron chi connectivity index (χ2n) is 2.65. The molecule has 0 saturated carbocycles. The van der Waals surface area contributed by atoms with Gasteiger partial charge in [0.25, 0.3) is 0 Å². The number of rotatable bonds is 3.